The van der Waals surface area contributed by atoms with E-state index in [4.69, 9.17) is 17.3 Å². The zero-order valence-corrected chi connectivity index (χ0v) is 12.1. The van der Waals surface area contributed by atoms with Crippen LogP contribution >= 0.6 is 11.6 Å². The molecule has 19 heavy (non-hydrogen) atoms. The molecule has 2 unspecified atom stereocenters. The second kappa shape index (κ2) is 5.17. The Labute approximate surface area is 119 Å². The van der Waals surface area contributed by atoms with Crippen LogP contribution < -0.4 is 10.6 Å². The number of pyridine rings is 1. The normalized spacial score (nSPS) is 28.2. The molecule has 0 spiro atoms. The Morgan fingerprint density at radius 3 is 3.00 bits per heavy atom. The van der Waals surface area contributed by atoms with Gasteiger partial charge in [-0.2, -0.15) is 0 Å². The quantitative estimate of drug-likeness (QED) is 0.858. The molecular weight excluding hydrogens is 260 g/mol. The number of halogens is 1. The van der Waals surface area contributed by atoms with Crippen molar-refractivity contribution in [1.82, 2.24) is 9.88 Å². The molecule has 0 aliphatic carbocycles. The summed E-state index contributed by atoms with van der Waals surface area (Å²) in [6.07, 6.45) is 5.65. The molecule has 3 heterocycles. The van der Waals surface area contributed by atoms with Gasteiger partial charge in [0.2, 0.25) is 0 Å². The zero-order valence-electron chi connectivity index (χ0n) is 11.3. The van der Waals surface area contributed by atoms with Crippen molar-refractivity contribution in [3.05, 3.63) is 17.3 Å². The van der Waals surface area contributed by atoms with Gasteiger partial charge >= 0.3 is 0 Å². The SMILES string of the molecule is CC1CN2CCCCC2CN1c1ncc(Cl)cc1N. The maximum atomic E-state index is 6.08. The number of anilines is 2. The van der Waals surface area contributed by atoms with E-state index in [2.05, 4.69) is 21.7 Å². The largest absolute Gasteiger partial charge is 0.396 e. The summed E-state index contributed by atoms with van der Waals surface area (Å²) < 4.78 is 0. The standard InChI is InChI=1S/C14H21ClN4/c1-10-8-18-5-3-2-4-12(18)9-19(10)14-13(16)6-11(15)7-17-14/h6-7,10,12H,2-5,8-9,16H2,1H3. The van der Waals surface area contributed by atoms with Crippen LogP contribution in [-0.4, -0.2) is 41.6 Å². The van der Waals surface area contributed by atoms with Gasteiger partial charge < -0.3 is 10.6 Å². The second-order valence-electron chi connectivity index (χ2n) is 5.71. The van der Waals surface area contributed by atoms with E-state index in [1.807, 2.05) is 0 Å². The van der Waals surface area contributed by atoms with Gasteiger partial charge in [-0.1, -0.05) is 18.0 Å². The van der Waals surface area contributed by atoms with Crippen LogP contribution in [0.15, 0.2) is 12.3 Å². The van der Waals surface area contributed by atoms with Crippen LogP contribution in [0.4, 0.5) is 11.5 Å². The zero-order chi connectivity index (χ0) is 13.4. The first-order valence-corrected chi connectivity index (χ1v) is 7.44. The lowest BCUT2D eigenvalue weighted by molar-refractivity contribution is 0.115. The number of nitrogens with two attached hydrogens (primary N) is 1. The fraction of sp³-hybridized carbons (Fsp3) is 0.643. The van der Waals surface area contributed by atoms with Crippen LogP contribution in [-0.2, 0) is 0 Å². The average molecular weight is 281 g/mol. The number of piperazine rings is 1. The lowest BCUT2D eigenvalue weighted by atomic mass is 9.97. The predicted octanol–water partition coefficient (Wildman–Crippen LogP) is 2.38. The van der Waals surface area contributed by atoms with Gasteiger partial charge in [-0.25, -0.2) is 4.98 Å². The summed E-state index contributed by atoms with van der Waals surface area (Å²) in [4.78, 5) is 9.41. The molecule has 2 atom stereocenters. The molecule has 2 fully saturated rings. The fourth-order valence-corrected chi connectivity index (χ4v) is 3.50. The molecule has 0 radical (unpaired) electrons. The van der Waals surface area contributed by atoms with Crippen LogP contribution in [0.5, 0.6) is 0 Å². The third-order valence-corrected chi connectivity index (χ3v) is 4.53. The molecule has 2 aliphatic heterocycles. The molecule has 104 valence electrons. The minimum absolute atomic E-state index is 0.449. The number of piperidine rings is 1. The molecule has 0 amide bonds. The third kappa shape index (κ3) is 2.51. The van der Waals surface area contributed by atoms with Gasteiger partial charge in [0.25, 0.3) is 0 Å². The van der Waals surface area contributed by atoms with E-state index in [1.165, 1.54) is 25.8 Å². The molecule has 3 rings (SSSR count). The Kier molecular flexibility index (Phi) is 3.54. The molecule has 5 heteroatoms. The summed E-state index contributed by atoms with van der Waals surface area (Å²) in [7, 11) is 0. The molecular formula is C14H21ClN4. The first-order valence-electron chi connectivity index (χ1n) is 7.07. The predicted molar refractivity (Wildman–Crippen MR) is 79.7 cm³/mol. The molecule has 0 aromatic carbocycles. The van der Waals surface area contributed by atoms with Gasteiger partial charge in [-0.05, 0) is 32.4 Å². The lowest BCUT2D eigenvalue weighted by Gasteiger charge is -2.48. The number of aromatic nitrogens is 1. The Hall–Kier alpha value is -1.00. The number of nitrogen functional groups attached to an aromatic ring is 1. The van der Waals surface area contributed by atoms with E-state index in [1.54, 1.807) is 12.3 Å². The molecule has 2 aliphatic rings. The second-order valence-corrected chi connectivity index (χ2v) is 6.15. The number of fused-ring (bicyclic) bond motifs is 1. The highest BCUT2D eigenvalue weighted by atomic mass is 35.5. The van der Waals surface area contributed by atoms with Crippen molar-refractivity contribution in [3.63, 3.8) is 0 Å². The highest BCUT2D eigenvalue weighted by Gasteiger charge is 2.34. The first kappa shape index (κ1) is 13.0. The molecule has 4 nitrogen and oxygen atoms in total. The summed E-state index contributed by atoms with van der Waals surface area (Å²) in [5.41, 5.74) is 6.76. The van der Waals surface area contributed by atoms with Crippen LogP contribution in [0.25, 0.3) is 0 Å². The van der Waals surface area contributed by atoms with E-state index < -0.39 is 0 Å². The first-order chi connectivity index (χ1) is 9.15. The van der Waals surface area contributed by atoms with Gasteiger partial charge in [0.15, 0.2) is 5.82 Å². The van der Waals surface area contributed by atoms with E-state index in [-0.39, 0.29) is 0 Å². The van der Waals surface area contributed by atoms with Gasteiger partial charge in [-0.15, -0.1) is 0 Å². The Morgan fingerprint density at radius 1 is 1.37 bits per heavy atom. The molecule has 0 bridgehead atoms. The molecule has 0 saturated carbocycles. The summed E-state index contributed by atoms with van der Waals surface area (Å²) in [5.74, 6) is 0.891. The monoisotopic (exact) mass is 280 g/mol. The molecule has 2 saturated heterocycles. The maximum Gasteiger partial charge on any atom is 0.152 e. The number of rotatable bonds is 1. The molecule has 1 aromatic rings. The van der Waals surface area contributed by atoms with Crippen LogP contribution in [0, 0.1) is 0 Å². The highest BCUT2D eigenvalue weighted by molar-refractivity contribution is 6.30. The van der Waals surface area contributed by atoms with E-state index >= 15 is 0 Å². The molecule has 1 aromatic heterocycles. The average Bonchev–Trinajstić information content (AvgIpc) is 2.38. The Balaban J connectivity index is 1.83. The number of hydrogen-bond acceptors (Lipinski definition) is 4. The minimum Gasteiger partial charge on any atom is -0.396 e. The van der Waals surface area contributed by atoms with Crippen LogP contribution in [0.3, 0.4) is 0 Å². The van der Waals surface area contributed by atoms with E-state index in [9.17, 15) is 0 Å². The number of nitrogens with zero attached hydrogens (tertiary/aromatic N) is 3. The number of hydrogen-bond donors (Lipinski definition) is 1. The van der Waals surface area contributed by atoms with Gasteiger partial charge in [0.1, 0.15) is 0 Å². The topological polar surface area (TPSA) is 45.4 Å². The summed E-state index contributed by atoms with van der Waals surface area (Å²) >= 11 is 5.93. The van der Waals surface area contributed by atoms with E-state index in [0.29, 0.717) is 22.8 Å². The van der Waals surface area contributed by atoms with Crippen molar-refractivity contribution < 1.29 is 0 Å². The summed E-state index contributed by atoms with van der Waals surface area (Å²) in [6.45, 7) is 5.63. The smallest absolute Gasteiger partial charge is 0.152 e. The highest BCUT2D eigenvalue weighted by Crippen LogP contribution is 2.30. The van der Waals surface area contributed by atoms with Gasteiger partial charge in [0, 0.05) is 31.4 Å². The minimum atomic E-state index is 0.449. The summed E-state index contributed by atoms with van der Waals surface area (Å²) in [5, 5.41) is 0.602. The van der Waals surface area contributed by atoms with Crippen molar-refractivity contribution in [1.29, 1.82) is 0 Å². The molecule has 2 N–H and O–H groups in total. The van der Waals surface area contributed by atoms with Crippen molar-refractivity contribution in [2.75, 3.05) is 30.3 Å². The lowest BCUT2D eigenvalue weighted by Crippen LogP contribution is -2.59. The van der Waals surface area contributed by atoms with Crippen molar-refractivity contribution in [2.45, 2.75) is 38.3 Å². The van der Waals surface area contributed by atoms with Crippen molar-refractivity contribution in [2.24, 2.45) is 0 Å². The summed E-state index contributed by atoms with van der Waals surface area (Å²) in [6, 6.07) is 2.90. The van der Waals surface area contributed by atoms with E-state index in [0.717, 1.165) is 18.9 Å². The Bertz CT molecular complexity index is 465. The fourth-order valence-electron chi connectivity index (χ4n) is 3.33. The maximum absolute atomic E-state index is 6.08. The van der Waals surface area contributed by atoms with Gasteiger partial charge in [0.05, 0.1) is 10.7 Å². The third-order valence-electron chi connectivity index (χ3n) is 4.32. The van der Waals surface area contributed by atoms with Crippen LogP contribution in [0.2, 0.25) is 5.02 Å². The van der Waals surface area contributed by atoms with Gasteiger partial charge in [-0.3, -0.25) is 4.90 Å². The van der Waals surface area contributed by atoms with Crippen molar-refractivity contribution >= 4 is 23.1 Å². The van der Waals surface area contributed by atoms with Crippen molar-refractivity contribution in [3.8, 4) is 0 Å². The van der Waals surface area contributed by atoms with Crippen LogP contribution in [0.1, 0.15) is 26.2 Å². The Morgan fingerprint density at radius 2 is 2.21 bits per heavy atom.